The molecule has 17 heavy (non-hydrogen) atoms. The van der Waals surface area contributed by atoms with E-state index < -0.39 is 11.7 Å². The lowest BCUT2D eigenvalue weighted by Gasteiger charge is -2.11. The second-order valence-corrected chi connectivity index (χ2v) is 4.18. The Morgan fingerprint density at radius 1 is 1.24 bits per heavy atom. The molecule has 98 valence electrons. The molecule has 0 saturated heterocycles. The minimum absolute atomic E-state index is 0.126. The summed E-state index contributed by atoms with van der Waals surface area (Å²) in [5.41, 5.74) is -0.670. The van der Waals surface area contributed by atoms with Gasteiger partial charge in [0.05, 0.1) is 0 Å². The summed E-state index contributed by atoms with van der Waals surface area (Å²) in [5.74, 6) is -0.267. The van der Waals surface area contributed by atoms with Crippen LogP contribution in [0.4, 0.5) is 13.2 Å². The number of nitrogens with one attached hydrogen (secondary N) is 1. The summed E-state index contributed by atoms with van der Waals surface area (Å²) in [6, 6.07) is -0.290. The first kappa shape index (κ1) is 15.7. The van der Waals surface area contributed by atoms with E-state index in [1.54, 1.807) is 20.8 Å². The molecule has 0 aromatic carbocycles. The van der Waals surface area contributed by atoms with Crippen LogP contribution < -0.4 is 5.32 Å². The summed E-state index contributed by atoms with van der Waals surface area (Å²) in [4.78, 5) is 11.3. The summed E-state index contributed by atoms with van der Waals surface area (Å²) in [6.07, 6.45) is -0.504. The maximum atomic E-state index is 12.1. The lowest BCUT2D eigenvalue weighted by molar-refractivity contribution is -0.124. The lowest BCUT2D eigenvalue weighted by Crippen LogP contribution is -2.34. The molecule has 1 atom stereocenters. The van der Waals surface area contributed by atoms with Crippen molar-refractivity contribution in [3.05, 3.63) is 23.8 Å². The smallest absolute Gasteiger partial charge is 0.350 e. The third kappa shape index (κ3) is 6.81. The minimum atomic E-state index is -4.30. The highest BCUT2D eigenvalue weighted by Crippen LogP contribution is 2.24. The molecule has 1 unspecified atom stereocenters. The van der Waals surface area contributed by atoms with Crippen molar-refractivity contribution >= 4 is 5.91 Å². The van der Waals surface area contributed by atoms with Gasteiger partial charge in [0.15, 0.2) is 0 Å². The number of carbonyl (C=O) groups excluding carboxylic acids is 1. The molecule has 0 aliphatic heterocycles. The Kier molecular flexibility index (Phi) is 5.99. The number of allylic oxidation sites excluding steroid dienone is 3. The molecule has 0 aliphatic rings. The van der Waals surface area contributed by atoms with Crippen LogP contribution in [0, 0.1) is 5.92 Å². The van der Waals surface area contributed by atoms with E-state index in [0.717, 1.165) is 13.0 Å². The molecule has 1 amide bonds. The number of rotatable bonds is 4. The maximum Gasteiger partial charge on any atom is 0.412 e. The monoisotopic (exact) mass is 249 g/mol. The third-order valence-electron chi connectivity index (χ3n) is 2.09. The highest BCUT2D eigenvalue weighted by molar-refractivity contribution is 5.78. The van der Waals surface area contributed by atoms with Crippen LogP contribution in [-0.2, 0) is 4.79 Å². The van der Waals surface area contributed by atoms with Crippen LogP contribution in [0.3, 0.4) is 0 Å². The zero-order chi connectivity index (χ0) is 13.6. The van der Waals surface area contributed by atoms with Gasteiger partial charge >= 0.3 is 6.18 Å². The van der Waals surface area contributed by atoms with Gasteiger partial charge in [0, 0.05) is 17.5 Å². The van der Waals surface area contributed by atoms with Crippen LogP contribution in [0.5, 0.6) is 0 Å². The van der Waals surface area contributed by atoms with Crippen LogP contribution in [0.15, 0.2) is 23.8 Å². The first-order chi connectivity index (χ1) is 7.64. The maximum absolute atomic E-state index is 12.1. The molecule has 0 heterocycles. The molecular formula is C12H18F3NO. The number of alkyl halides is 3. The van der Waals surface area contributed by atoms with Gasteiger partial charge in [-0.15, -0.1) is 0 Å². The lowest BCUT2D eigenvalue weighted by atomic mass is 10.2. The summed E-state index contributed by atoms with van der Waals surface area (Å²) < 4.78 is 36.4. The molecule has 0 aromatic heterocycles. The Balaban J connectivity index is 4.31. The molecule has 0 fully saturated rings. The van der Waals surface area contributed by atoms with Gasteiger partial charge in [-0.25, -0.2) is 0 Å². The molecule has 0 bridgehead atoms. The average molecular weight is 249 g/mol. The first-order valence-electron chi connectivity index (χ1n) is 5.37. The van der Waals surface area contributed by atoms with Crippen LogP contribution in [0.2, 0.25) is 0 Å². The Labute approximate surface area is 99.6 Å². The quantitative estimate of drug-likeness (QED) is 0.761. The normalized spacial score (nSPS) is 15.4. The van der Waals surface area contributed by atoms with Crippen molar-refractivity contribution < 1.29 is 18.0 Å². The predicted octanol–water partition coefficient (Wildman–Crippen LogP) is 3.21. The molecule has 0 saturated carbocycles. The van der Waals surface area contributed by atoms with Gasteiger partial charge in [-0.05, 0) is 13.8 Å². The van der Waals surface area contributed by atoms with Gasteiger partial charge in [-0.2, -0.15) is 13.2 Å². The van der Waals surface area contributed by atoms with Crippen molar-refractivity contribution in [3.63, 3.8) is 0 Å². The molecule has 5 heteroatoms. The van der Waals surface area contributed by atoms with Gasteiger partial charge < -0.3 is 5.32 Å². The van der Waals surface area contributed by atoms with Crippen molar-refractivity contribution in [2.24, 2.45) is 5.92 Å². The zero-order valence-electron chi connectivity index (χ0n) is 10.4. The molecule has 0 aliphatic carbocycles. The second kappa shape index (κ2) is 6.47. The van der Waals surface area contributed by atoms with Crippen LogP contribution in [-0.4, -0.2) is 18.1 Å². The largest absolute Gasteiger partial charge is 0.412 e. The van der Waals surface area contributed by atoms with Gasteiger partial charge in [0.2, 0.25) is 5.91 Å². The summed E-state index contributed by atoms with van der Waals surface area (Å²) in [6.45, 7) is 6.20. The summed E-state index contributed by atoms with van der Waals surface area (Å²) in [5, 5.41) is 2.66. The fourth-order valence-corrected chi connectivity index (χ4v) is 0.900. The molecular weight excluding hydrogens is 231 g/mol. The van der Waals surface area contributed by atoms with Gasteiger partial charge in [0.25, 0.3) is 0 Å². The highest BCUT2D eigenvalue weighted by atomic mass is 19.4. The van der Waals surface area contributed by atoms with E-state index in [1.165, 1.54) is 12.2 Å². The van der Waals surface area contributed by atoms with Crippen molar-refractivity contribution in [2.45, 2.75) is 39.9 Å². The van der Waals surface area contributed by atoms with E-state index in [9.17, 15) is 18.0 Å². The fraction of sp³-hybridized carbons (Fsp3) is 0.583. The van der Waals surface area contributed by atoms with Crippen molar-refractivity contribution in [3.8, 4) is 0 Å². The Morgan fingerprint density at radius 3 is 2.18 bits per heavy atom. The molecule has 2 nitrogen and oxygen atoms in total. The van der Waals surface area contributed by atoms with Crippen LogP contribution >= 0.6 is 0 Å². The average Bonchev–Trinajstić information content (AvgIpc) is 2.15. The molecule has 0 aromatic rings. The summed E-state index contributed by atoms with van der Waals surface area (Å²) >= 11 is 0. The zero-order valence-corrected chi connectivity index (χ0v) is 10.4. The van der Waals surface area contributed by atoms with Crippen molar-refractivity contribution in [2.75, 3.05) is 0 Å². The standard InChI is InChI=1S/C12H18F3NO/c1-8(2)11(17)16-10(4)7-5-6-9(3)12(13,14)15/h5-8,10H,1-4H3,(H,16,17)/b7-5-,9-6+. The second-order valence-electron chi connectivity index (χ2n) is 4.18. The van der Waals surface area contributed by atoms with Crippen molar-refractivity contribution in [1.29, 1.82) is 0 Å². The number of hydrogen-bond donors (Lipinski definition) is 1. The predicted molar refractivity (Wildman–Crippen MR) is 61.4 cm³/mol. The topological polar surface area (TPSA) is 29.1 Å². The van der Waals surface area contributed by atoms with E-state index in [4.69, 9.17) is 0 Å². The van der Waals surface area contributed by atoms with Gasteiger partial charge in [-0.3, -0.25) is 4.79 Å². The van der Waals surface area contributed by atoms with Crippen LogP contribution in [0.25, 0.3) is 0 Å². The Bertz CT molecular complexity index is 316. The molecule has 0 radical (unpaired) electrons. The first-order valence-corrected chi connectivity index (χ1v) is 5.37. The number of hydrogen-bond acceptors (Lipinski definition) is 1. The van der Waals surface area contributed by atoms with E-state index in [0.29, 0.717) is 0 Å². The third-order valence-corrected chi connectivity index (χ3v) is 2.09. The number of carbonyl (C=O) groups is 1. The SMILES string of the molecule is C/C(=C\C=C/C(C)NC(=O)C(C)C)C(F)(F)F. The molecule has 0 rings (SSSR count). The minimum Gasteiger partial charge on any atom is -0.350 e. The van der Waals surface area contributed by atoms with Crippen molar-refractivity contribution in [1.82, 2.24) is 5.32 Å². The Morgan fingerprint density at radius 2 is 1.76 bits per heavy atom. The Hall–Kier alpha value is -1.26. The van der Waals surface area contributed by atoms with E-state index in [-0.39, 0.29) is 17.9 Å². The van der Waals surface area contributed by atoms with E-state index >= 15 is 0 Å². The van der Waals surface area contributed by atoms with E-state index in [2.05, 4.69) is 5.32 Å². The van der Waals surface area contributed by atoms with Gasteiger partial charge in [0.1, 0.15) is 0 Å². The van der Waals surface area contributed by atoms with E-state index in [1.807, 2.05) is 0 Å². The number of amides is 1. The highest BCUT2D eigenvalue weighted by Gasteiger charge is 2.29. The van der Waals surface area contributed by atoms with Gasteiger partial charge in [-0.1, -0.05) is 32.1 Å². The number of halogens is 3. The fourth-order valence-electron chi connectivity index (χ4n) is 0.900. The molecule has 0 spiro atoms. The summed E-state index contributed by atoms with van der Waals surface area (Å²) in [7, 11) is 0. The molecule has 1 N–H and O–H groups in total. The van der Waals surface area contributed by atoms with Crippen LogP contribution in [0.1, 0.15) is 27.7 Å².